The molecule has 3 heterocycles. The Morgan fingerprint density at radius 1 is 1.15 bits per heavy atom. The summed E-state index contributed by atoms with van der Waals surface area (Å²) in [7, 11) is 0. The molecule has 130 valence electrons. The van der Waals surface area contributed by atoms with Gasteiger partial charge < -0.3 is 10.3 Å². The Morgan fingerprint density at radius 2 is 2.00 bits per heavy atom. The van der Waals surface area contributed by atoms with Crippen molar-refractivity contribution in [2.45, 2.75) is 6.42 Å². The van der Waals surface area contributed by atoms with Crippen LogP contribution in [0.3, 0.4) is 0 Å². The predicted molar refractivity (Wildman–Crippen MR) is 98.3 cm³/mol. The monoisotopic (exact) mass is 348 g/mol. The number of anilines is 1. The van der Waals surface area contributed by atoms with Crippen LogP contribution in [0, 0.1) is 0 Å². The van der Waals surface area contributed by atoms with Gasteiger partial charge in [-0.25, -0.2) is 14.3 Å². The average Bonchev–Trinajstić information content (AvgIpc) is 3.11. The standard InChI is InChI=1S/C18H16N6O2/c25-17-13(11-21-18(26)22-17)14-10-15(16-20-8-9-24(16)23-14)19-7-6-12-4-2-1-3-5-12/h1-5,8-11,19H,6-7H2,(H2,21,22,25,26). The number of nitrogens with one attached hydrogen (secondary N) is 3. The highest BCUT2D eigenvalue weighted by Crippen LogP contribution is 2.20. The number of fused-ring (bicyclic) bond motifs is 1. The van der Waals surface area contributed by atoms with E-state index in [1.54, 1.807) is 23.0 Å². The maximum Gasteiger partial charge on any atom is 0.325 e. The Bertz CT molecular complexity index is 1160. The molecule has 0 spiro atoms. The van der Waals surface area contributed by atoms with Gasteiger partial charge in [-0.3, -0.25) is 9.78 Å². The number of rotatable bonds is 5. The minimum absolute atomic E-state index is 0.284. The van der Waals surface area contributed by atoms with Crippen LogP contribution in [0.2, 0.25) is 0 Å². The van der Waals surface area contributed by atoms with Gasteiger partial charge in [0.25, 0.3) is 5.56 Å². The smallest absolute Gasteiger partial charge is 0.325 e. The molecule has 4 rings (SSSR count). The van der Waals surface area contributed by atoms with Crippen molar-refractivity contribution < 1.29 is 0 Å². The molecule has 0 aliphatic carbocycles. The maximum absolute atomic E-state index is 12.1. The molecule has 0 unspecified atom stereocenters. The molecule has 0 saturated heterocycles. The molecule has 4 aromatic rings. The summed E-state index contributed by atoms with van der Waals surface area (Å²) >= 11 is 0. The fourth-order valence-corrected chi connectivity index (χ4v) is 2.76. The second-order valence-electron chi connectivity index (χ2n) is 5.79. The van der Waals surface area contributed by atoms with Gasteiger partial charge in [-0.2, -0.15) is 5.10 Å². The summed E-state index contributed by atoms with van der Waals surface area (Å²) in [5.74, 6) is 0. The van der Waals surface area contributed by atoms with Crippen LogP contribution in [0.15, 0.2) is 64.6 Å². The molecule has 3 aromatic heterocycles. The quantitative estimate of drug-likeness (QED) is 0.506. The zero-order chi connectivity index (χ0) is 17.9. The molecule has 0 radical (unpaired) electrons. The number of aromatic nitrogens is 5. The van der Waals surface area contributed by atoms with E-state index < -0.39 is 11.2 Å². The third-order valence-corrected chi connectivity index (χ3v) is 4.03. The number of hydrogen-bond donors (Lipinski definition) is 3. The highest BCUT2D eigenvalue weighted by molar-refractivity contribution is 5.73. The summed E-state index contributed by atoms with van der Waals surface area (Å²) < 4.78 is 1.60. The van der Waals surface area contributed by atoms with E-state index in [4.69, 9.17) is 0 Å². The van der Waals surface area contributed by atoms with Crippen molar-refractivity contribution in [2.75, 3.05) is 11.9 Å². The molecule has 26 heavy (non-hydrogen) atoms. The first-order chi connectivity index (χ1) is 12.7. The van der Waals surface area contributed by atoms with Gasteiger partial charge in [0.2, 0.25) is 0 Å². The van der Waals surface area contributed by atoms with E-state index in [-0.39, 0.29) is 5.56 Å². The van der Waals surface area contributed by atoms with Gasteiger partial charge in [-0.1, -0.05) is 30.3 Å². The molecule has 0 aliphatic heterocycles. The summed E-state index contributed by atoms with van der Waals surface area (Å²) in [4.78, 5) is 32.3. The van der Waals surface area contributed by atoms with Crippen molar-refractivity contribution in [3.8, 4) is 11.3 Å². The van der Waals surface area contributed by atoms with E-state index >= 15 is 0 Å². The van der Waals surface area contributed by atoms with Gasteiger partial charge in [0.15, 0.2) is 5.65 Å². The zero-order valence-corrected chi connectivity index (χ0v) is 13.8. The Kier molecular flexibility index (Phi) is 4.06. The summed E-state index contributed by atoms with van der Waals surface area (Å²) in [5.41, 5.74) is 2.34. The summed E-state index contributed by atoms with van der Waals surface area (Å²) in [6.45, 7) is 0.706. The van der Waals surface area contributed by atoms with E-state index in [1.807, 2.05) is 18.2 Å². The lowest BCUT2D eigenvalue weighted by atomic mass is 10.1. The van der Waals surface area contributed by atoms with Crippen LogP contribution in [0.5, 0.6) is 0 Å². The normalized spacial score (nSPS) is 10.9. The van der Waals surface area contributed by atoms with Gasteiger partial charge in [0.1, 0.15) is 5.69 Å². The van der Waals surface area contributed by atoms with E-state index in [9.17, 15) is 9.59 Å². The Labute approximate surface area is 147 Å². The summed E-state index contributed by atoms with van der Waals surface area (Å²) in [6, 6.07) is 11.9. The Balaban J connectivity index is 1.66. The Hall–Kier alpha value is -3.68. The first kappa shape index (κ1) is 15.8. The van der Waals surface area contributed by atoms with Crippen LogP contribution in [0.1, 0.15) is 5.56 Å². The lowest BCUT2D eigenvalue weighted by molar-refractivity contribution is 0.929. The number of aromatic amines is 2. The second-order valence-corrected chi connectivity index (χ2v) is 5.79. The third-order valence-electron chi connectivity index (χ3n) is 4.03. The molecular formula is C18H16N6O2. The molecule has 0 saturated carbocycles. The fraction of sp³-hybridized carbons (Fsp3) is 0.111. The molecule has 0 amide bonds. The van der Waals surface area contributed by atoms with Crippen LogP contribution in [0.25, 0.3) is 16.9 Å². The van der Waals surface area contributed by atoms with Crippen LogP contribution in [0.4, 0.5) is 5.69 Å². The molecule has 0 atom stereocenters. The van der Waals surface area contributed by atoms with Gasteiger partial charge in [0, 0.05) is 25.1 Å². The minimum atomic E-state index is -0.552. The molecule has 8 heteroatoms. The van der Waals surface area contributed by atoms with E-state index in [1.165, 1.54) is 11.8 Å². The van der Waals surface area contributed by atoms with Crippen molar-refractivity contribution >= 4 is 11.3 Å². The number of imidazole rings is 1. The van der Waals surface area contributed by atoms with E-state index in [0.717, 1.165) is 12.1 Å². The van der Waals surface area contributed by atoms with Gasteiger partial charge in [0.05, 0.1) is 11.3 Å². The molecule has 0 bridgehead atoms. The number of hydrogen-bond acceptors (Lipinski definition) is 5. The number of H-pyrrole nitrogens is 2. The van der Waals surface area contributed by atoms with Crippen LogP contribution in [-0.4, -0.2) is 31.1 Å². The predicted octanol–water partition coefficient (Wildman–Crippen LogP) is 1.43. The van der Waals surface area contributed by atoms with Crippen LogP contribution >= 0.6 is 0 Å². The summed E-state index contributed by atoms with van der Waals surface area (Å²) in [5, 5.41) is 7.75. The van der Waals surface area contributed by atoms with E-state index in [2.05, 4.69) is 37.5 Å². The maximum atomic E-state index is 12.1. The van der Waals surface area contributed by atoms with E-state index in [0.29, 0.717) is 17.9 Å². The first-order valence-corrected chi connectivity index (χ1v) is 8.15. The molecule has 1 aromatic carbocycles. The second kappa shape index (κ2) is 6.67. The molecule has 0 fully saturated rings. The fourth-order valence-electron chi connectivity index (χ4n) is 2.76. The minimum Gasteiger partial charge on any atom is -0.382 e. The largest absolute Gasteiger partial charge is 0.382 e. The molecular weight excluding hydrogens is 332 g/mol. The first-order valence-electron chi connectivity index (χ1n) is 8.15. The average molecular weight is 348 g/mol. The number of benzene rings is 1. The molecule has 0 aliphatic rings. The summed E-state index contributed by atoms with van der Waals surface area (Å²) in [6.07, 6.45) is 5.57. The molecule has 3 N–H and O–H groups in total. The SMILES string of the molecule is O=c1[nH]cc(-c2cc(NCCc3ccccc3)c3nccn3n2)c(=O)[nH]1. The Morgan fingerprint density at radius 3 is 2.81 bits per heavy atom. The van der Waals surface area contributed by atoms with Crippen molar-refractivity contribution in [2.24, 2.45) is 0 Å². The highest BCUT2D eigenvalue weighted by atomic mass is 16.2. The zero-order valence-electron chi connectivity index (χ0n) is 13.8. The van der Waals surface area contributed by atoms with Gasteiger partial charge in [-0.05, 0) is 18.1 Å². The highest BCUT2D eigenvalue weighted by Gasteiger charge is 2.11. The number of nitrogens with zero attached hydrogens (tertiary/aromatic N) is 3. The lowest BCUT2D eigenvalue weighted by Crippen LogP contribution is -2.23. The van der Waals surface area contributed by atoms with Crippen molar-refractivity contribution in [3.05, 3.63) is 81.4 Å². The van der Waals surface area contributed by atoms with Gasteiger partial charge in [-0.15, -0.1) is 0 Å². The van der Waals surface area contributed by atoms with Crippen LogP contribution in [-0.2, 0) is 6.42 Å². The van der Waals surface area contributed by atoms with Crippen molar-refractivity contribution in [1.82, 2.24) is 24.6 Å². The third kappa shape index (κ3) is 3.12. The topological polar surface area (TPSA) is 108 Å². The van der Waals surface area contributed by atoms with Gasteiger partial charge >= 0.3 is 5.69 Å². The molecule has 8 nitrogen and oxygen atoms in total. The lowest BCUT2D eigenvalue weighted by Gasteiger charge is -2.10. The van der Waals surface area contributed by atoms with Crippen LogP contribution < -0.4 is 16.6 Å². The van der Waals surface area contributed by atoms with Crippen molar-refractivity contribution in [1.29, 1.82) is 0 Å². The van der Waals surface area contributed by atoms with Crippen molar-refractivity contribution in [3.63, 3.8) is 0 Å².